The van der Waals surface area contributed by atoms with Crippen LogP contribution in [0.4, 0.5) is 0 Å². The summed E-state index contributed by atoms with van der Waals surface area (Å²) in [4.78, 5) is 10.8. The van der Waals surface area contributed by atoms with Crippen LogP contribution in [0.1, 0.15) is 26.2 Å². The number of aliphatic hydroxyl groups is 1. The number of nitrogens with one attached hydrogen (secondary N) is 2. The van der Waals surface area contributed by atoms with E-state index >= 15 is 0 Å². The molecule has 1 heterocycles. The van der Waals surface area contributed by atoms with Crippen molar-refractivity contribution < 1.29 is 9.90 Å². The second kappa shape index (κ2) is 5.19. The number of aliphatic hydroxyl groups excluding tert-OH is 1. The fourth-order valence-corrected chi connectivity index (χ4v) is 1.80. The van der Waals surface area contributed by atoms with Crippen molar-refractivity contribution >= 4 is 5.91 Å². The van der Waals surface area contributed by atoms with Crippen molar-refractivity contribution in [3.05, 3.63) is 0 Å². The van der Waals surface area contributed by atoms with E-state index < -0.39 is 0 Å². The average Bonchev–Trinajstić information content (AvgIpc) is 2.04. The number of piperidine rings is 1. The van der Waals surface area contributed by atoms with E-state index in [2.05, 4.69) is 10.6 Å². The molecule has 3 N–H and O–H groups in total. The van der Waals surface area contributed by atoms with Crippen molar-refractivity contribution in [1.29, 1.82) is 0 Å². The molecule has 2 unspecified atom stereocenters. The molecule has 0 bridgehead atoms. The highest BCUT2D eigenvalue weighted by molar-refractivity contribution is 5.73. The Morgan fingerprint density at radius 3 is 3.08 bits per heavy atom. The van der Waals surface area contributed by atoms with Crippen LogP contribution in [0.2, 0.25) is 0 Å². The molecule has 0 radical (unpaired) electrons. The molecule has 0 saturated carbocycles. The van der Waals surface area contributed by atoms with Gasteiger partial charge in [0, 0.05) is 25.6 Å². The van der Waals surface area contributed by atoms with Crippen LogP contribution in [0.5, 0.6) is 0 Å². The van der Waals surface area contributed by atoms with E-state index in [-0.39, 0.29) is 18.6 Å². The standard InChI is InChI=1S/C9H18N2O2/c1-7(13)11-9-2-4-10-8(6-9)3-5-12/h8-10,12H,2-6H2,1H3,(H,11,13). The summed E-state index contributed by atoms with van der Waals surface area (Å²) in [6, 6.07) is 0.644. The lowest BCUT2D eigenvalue weighted by molar-refractivity contribution is -0.119. The Bertz CT molecular complexity index is 171. The Labute approximate surface area is 78.7 Å². The number of hydrogen-bond donors (Lipinski definition) is 3. The molecular weight excluding hydrogens is 168 g/mol. The molecule has 4 heteroatoms. The lowest BCUT2D eigenvalue weighted by Gasteiger charge is -2.30. The molecule has 1 aliphatic heterocycles. The normalized spacial score (nSPS) is 28.5. The number of rotatable bonds is 3. The fraction of sp³-hybridized carbons (Fsp3) is 0.889. The van der Waals surface area contributed by atoms with Gasteiger partial charge in [-0.15, -0.1) is 0 Å². The summed E-state index contributed by atoms with van der Waals surface area (Å²) in [6.45, 7) is 2.68. The highest BCUT2D eigenvalue weighted by atomic mass is 16.3. The van der Waals surface area contributed by atoms with Crippen molar-refractivity contribution in [3.63, 3.8) is 0 Å². The monoisotopic (exact) mass is 186 g/mol. The molecule has 1 saturated heterocycles. The first-order valence-corrected chi connectivity index (χ1v) is 4.83. The summed E-state index contributed by atoms with van der Waals surface area (Å²) >= 11 is 0. The first-order valence-electron chi connectivity index (χ1n) is 4.83. The van der Waals surface area contributed by atoms with Gasteiger partial charge >= 0.3 is 0 Å². The van der Waals surface area contributed by atoms with Crippen LogP contribution < -0.4 is 10.6 Å². The van der Waals surface area contributed by atoms with Gasteiger partial charge in [-0.3, -0.25) is 4.79 Å². The van der Waals surface area contributed by atoms with Crippen LogP contribution in [0.15, 0.2) is 0 Å². The number of hydrogen-bond acceptors (Lipinski definition) is 3. The zero-order valence-corrected chi connectivity index (χ0v) is 8.05. The second-order valence-corrected chi connectivity index (χ2v) is 3.59. The van der Waals surface area contributed by atoms with E-state index in [0.29, 0.717) is 6.04 Å². The maximum atomic E-state index is 10.8. The molecule has 0 aromatic heterocycles. The molecule has 4 nitrogen and oxygen atoms in total. The quantitative estimate of drug-likeness (QED) is 0.563. The first kappa shape index (κ1) is 10.5. The molecule has 1 amide bonds. The SMILES string of the molecule is CC(=O)NC1CCNC(CCO)C1. The number of carbonyl (C=O) groups is 1. The molecule has 2 atom stereocenters. The Kier molecular flexibility index (Phi) is 4.18. The molecule has 0 aromatic carbocycles. The van der Waals surface area contributed by atoms with Crippen LogP contribution in [-0.4, -0.2) is 36.2 Å². The minimum absolute atomic E-state index is 0.0367. The van der Waals surface area contributed by atoms with Gasteiger partial charge in [0.2, 0.25) is 5.91 Å². The highest BCUT2D eigenvalue weighted by Crippen LogP contribution is 2.10. The van der Waals surface area contributed by atoms with Crippen LogP contribution in [0, 0.1) is 0 Å². The largest absolute Gasteiger partial charge is 0.396 e. The predicted octanol–water partition coefficient (Wildman–Crippen LogP) is -0.374. The fourth-order valence-electron chi connectivity index (χ4n) is 1.80. The zero-order valence-electron chi connectivity index (χ0n) is 8.05. The maximum absolute atomic E-state index is 10.8. The van der Waals surface area contributed by atoms with Gasteiger partial charge in [0.05, 0.1) is 0 Å². The van der Waals surface area contributed by atoms with Crippen molar-refractivity contribution in [3.8, 4) is 0 Å². The van der Waals surface area contributed by atoms with E-state index in [1.807, 2.05) is 0 Å². The topological polar surface area (TPSA) is 61.4 Å². The summed E-state index contributed by atoms with van der Waals surface area (Å²) in [5, 5.41) is 15.0. The summed E-state index contributed by atoms with van der Waals surface area (Å²) in [5.41, 5.74) is 0. The molecule has 1 fully saturated rings. The Morgan fingerprint density at radius 2 is 2.46 bits per heavy atom. The van der Waals surface area contributed by atoms with Crippen LogP contribution in [-0.2, 0) is 4.79 Å². The third-order valence-electron chi connectivity index (χ3n) is 2.38. The van der Waals surface area contributed by atoms with E-state index in [9.17, 15) is 4.79 Å². The zero-order chi connectivity index (χ0) is 9.68. The van der Waals surface area contributed by atoms with Crippen LogP contribution in [0.3, 0.4) is 0 Å². The summed E-state index contributed by atoms with van der Waals surface area (Å²) in [7, 11) is 0. The van der Waals surface area contributed by atoms with Gasteiger partial charge in [-0.1, -0.05) is 0 Å². The van der Waals surface area contributed by atoms with Crippen LogP contribution in [0.25, 0.3) is 0 Å². The van der Waals surface area contributed by atoms with E-state index in [1.165, 1.54) is 0 Å². The highest BCUT2D eigenvalue weighted by Gasteiger charge is 2.20. The molecule has 0 spiro atoms. The molecule has 76 valence electrons. The summed E-state index contributed by atoms with van der Waals surface area (Å²) < 4.78 is 0. The molecule has 1 aliphatic rings. The van der Waals surface area contributed by atoms with Crippen molar-refractivity contribution in [2.75, 3.05) is 13.2 Å². The van der Waals surface area contributed by atoms with Gasteiger partial charge in [0.15, 0.2) is 0 Å². The Morgan fingerprint density at radius 1 is 1.69 bits per heavy atom. The Hall–Kier alpha value is -0.610. The summed E-state index contributed by atoms with van der Waals surface area (Å²) in [5.74, 6) is 0.0367. The van der Waals surface area contributed by atoms with Crippen molar-refractivity contribution in [1.82, 2.24) is 10.6 Å². The van der Waals surface area contributed by atoms with Gasteiger partial charge in [-0.25, -0.2) is 0 Å². The smallest absolute Gasteiger partial charge is 0.217 e. The van der Waals surface area contributed by atoms with Gasteiger partial charge in [0.25, 0.3) is 0 Å². The lowest BCUT2D eigenvalue weighted by Crippen LogP contribution is -2.47. The Balaban J connectivity index is 2.28. The van der Waals surface area contributed by atoms with Crippen molar-refractivity contribution in [2.24, 2.45) is 0 Å². The third kappa shape index (κ3) is 3.74. The first-order chi connectivity index (χ1) is 6.22. The van der Waals surface area contributed by atoms with Gasteiger partial charge in [-0.05, 0) is 25.8 Å². The van der Waals surface area contributed by atoms with Gasteiger partial charge in [0.1, 0.15) is 0 Å². The maximum Gasteiger partial charge on any atom is 0.217 e. The van der Waals surface area contributed by atoms with E-state index in [0.717, 1.165) is 25.8 Å². The van der Waals surface area contributed by atoms with Gasteiger partial charge in [-0.2, -0.15) is 0 Å². The minimum Gasteiger partial charge on any atom is -0.396 e. The average molecular weight is 186 g/mol. The molecule has 13 heavy (non-hydrogen) atoms. The summed E-state index contributed by atoms with van der Waals surface area (Å²) in [6.07, 6.45) is 2.69. The minimum atomic E-state index is 0.0367. The van der Waals surface area contributed by atoms with E-state index in [4.69, 9.17) is 5.11 Å². The predicted molar refractivity (Wildman–Crippen MR) is 50.3 cm³/mol. The van der Waals surface area contributed by atoms with Crippen LogP contribution >= 0.6 is 0 Å². The number of amides is 1. The molecular formula is C9H18N2O2. The number of carbonyl (C=O) groups excluding carboxylic acids is 1. The van der Waals surface area contributed by atoms with E-state index in [1.54, 1.807) is 6.92 Å². The van der Waals surface area contributed by atoms with Crippen molar-refractivity contribution in [2.45, 2.75) is 38.3 Å². The molecule has 0 aliphatic carbocycles. The second-order valence-electron chi connectivity index (χ2n) is 3.59. The lowest BCUT2D eigenvalue weighted by atomic mass is 9.97. The molecule has 1 rings (SSSR count). The third-order valence-corrected chi connectivity index (χ3v) is 2.38. The van der Waals surface area contributed by atoms with Gasteiger partial charge < -0.3 is 15.7 Å². The molecule has 0 aromatic rings.